The number of carboxylic acids is 1. The minimum atomic E-state index is -0.762. The molecule has 0 aliphatic heterocycles. The molecule has 5 heteroatoms. The lowest BCUT2D eigenvalue weighted by Gasteiger charge is -2.28. The van der Waals surface area contributed by atoms with Gasteiger partial charge in [0.2, 0.25) is 5.91 Å². The van der Waals surface area contributed by atoms with Gasteiger partial charge in [0.1, 0.15) is 0 Å². The van der Waals surface area contributed by atoms with E-state index in [-0.39, 0.29) is 23.5 Å². The van der Waals surface area contributed by atoms with E-state index in [9.17, 15) is 19.5 Å². The summed E-state index contributed by atoms with van der Waals surface area (Å²) in [5.74, 6) is -1.15. The van der Waals surface area contributed by atoms with Crippen LogP contribution in [0.3, 0.4) is 0 Å². The van der Waals surface area contributed by atoms with E-state index in [1.165, 1.54) is 0 Å². The lowest BCUT2D eigenvalue weighted by Crippen LogP contribution is -2.37. The van der Waals surface area contributed by atoms with Gasteiger partial charge in [-0.3, -0.25) is 14.4 Å². The highest BCUT2D eigenvalue weighted by Crippen LogP contribution is 2.29. The summed E-state index contributed by atoms with van der Waals surface area (Å²) in [6.45, 7) is 0.419. The third kappa shape index (κ3) is 5.48. The van der Waals surface area contributed by atoms with Gasteiger partial charge in [-0.05, 0) is 25.2 Å². The van der Waals surface area contributed by atoms with Gasteiger partial charge in [-0.15, -0.1) is 0 Å². The second-order valence-electron chi connectivity index (χ2n) is 6.44. The van der Waals surface area contributed by atoms with Crippen molar-refractivity contribution in [3.8, 4) is 0 Å². The summed E-state index contributed by atoms with van der Waals surface area (Å²) < 4.78 is 0. The maximum atomic E-state index is 12.0. The van der Waals surface area contributed by atoms with Crippen molar-refractivity contribution in [3.05, 3.63) is 35.9 Å². The molecule has 0 spiro atoms. The van der Waals surface area contributed by atoms with Crippen molar-refractivity contribution in [2.75, 3.05) is 6.54 Å². The molecule has 1 aliphatic rings. The lowest BCUT2D eigenvalue weighted by molar-refractivity contribution is -0.145. The standard InChI is InChI=1S/C19H25NO4/c21-17(14-7-2-1-3-8-14)11-6-12-18(22)20-13-15-9-4-5-10-16(15)19(23)24/h1-3,7-8,15-16H,4-6,9-13H2,(H,20,22)(H,23,24)/t15-,16-/m0/s1. The zero-order valence-electron chi connectivity index (χ0n) is 13.9. The van der Waals surface area contributed by atoms with Crippen LogP contribution in [0.2, 0.25) is 0 Å². The Morgan fingerprint density at radius 1 is 1.04 bits per heavy atom. The van der Waals surface area contributed by atoms with Gasteiger partial charge in [-0.1, -0.05) is 43.2 Å². The van der Waals surface area contributed by atoms with E-state index in [1.807, 2.05) is 18.2 Å². The topological polar surface area (TPSA) is 83.5 Å². The molecule has 130 valence electrons. The van der Waals surface area contributed by atoms with Crippen LogP contribution in [-0.4, -0.2) is 29.3 Å². The van der Waals surface area contributed by atoms with Gasteiger partial charge >= 0.3 is 5.97 Å². The van der Waals surface area contributed by atoms with Gasteiger partial charge in [0, 0.05) is 24.9 Å². The van der Waals surface area contributed by atoms with Crippen LogP contribution in [0.4, 0.5) is 0 Å². The van der Waals surface area contributed by atoms with Crippen molar-refractivity contribution >= 4 is 17.7 Å². The molecule has 0 radical (unpaired) electrons. The number of hydrogen-bond donors (Lipinski definition) is 2. The first kappa shape index (κ1) is 18.2. The maximum Gasteiger partial charge on any atom is 0.306 e. The van der Waals surface area contributed by atoms with Crippen LogP contribution < -0.4 is 5.32 Å². The SMILES string of the molecule is O=C(CCCC(=O)c1ccccc1)NC[C@@H]1CCCC[C@@H]1C(=O)O. The number of benzene rings is 1. The zero-order chi connectivity index (χ0) is 17.4. The first-order valence-corrected chi connectivity index (χ1v) is 8.65. The van der Waals surface area contributed by atoms with Crippen molar-refractivity contribution in [2.24, 2.45) is 11.8 Å². The highest BCUT2D eigenvalue weighted by Gasteiger charge is 2.30. The number of carbonyl (C=O) groups is 3. The molecule has 1 saturated carbocycles. The fraction of sp³-hybridized carbons (Fsp3) is 0.526. The zero-order valence-corrected chi connectivity index (χ0v) is 13.9. The van der Waals surface area contributed by atoms with E-state index < -0.39 is 5.97 Å². The molecule has 24 heavy (non-hydrogen) atoms. The summed E-state index contributed by atoms with van der Waals surface area (Å²) in [5.41, 5.74) is 0.671. The predicted octanol–water partition coefficient (Wildman–Crippen LogP) is 3.05. The van der Waals surface area contributed by atoms with E-state index >= 15 is 0 Å². The third-order valence-corrected chi connectivity index (χ3v) is 4.69. The van der Waals surface area contributed by atoms with Gasteiger partial charge in [0.25, 0.3) is 0 Å². The number of nitrogens with one attached hydrogen (secondary N) is 1. The molecule has 0 heterocycles. The Bertz CT molecular complexity index is 570. The number of amides is 1. The summed E-state index contributed by atoms with van der Waals surface area (Å²) >= 11 is 0. The molecule has 0 bridgehead atoms. The van der Waals surface area contributed by atoms with Crippen LogP contribution in [0.15, 0.2) is 30.3 Å². The molecule has 2 N–H and O–H groups in total. The highest BCUT2D eigenvalue weighted by atomic mass is 16.4. The quantitative estimate of drug-likeness (QED) is 0.717. The first-order chi connectivity index (χ1) is 11.6. The second-order valence-corrected chi connectivity index (χ2v) is 6.44. The predicted molar refractivity (Wildman–Crippen MR) is 90.7 cm³/mol. The van der Waals surface area contributed by atoms with Crippen LogP contribution in [0, 0.1) is 11.8 Å². The molecule has 2 rings (SSSR count). The summed E-state index contributed by atoms with van der Waals surface area (Å²) in [5, 5.41) is 12.1. The number of carbonyl (C=O) groups excluding carboxylic acids is 2. The van der Waals surface area contributed by atoms with Crippen molar-refractivity contribution in [3.63, 3.8) is 0 Å². The fourth-order valence-electron chi connectivity index (χ4n) is 3.29. The van der Waals surface area contributed by atoms with Crippen molar-refractivity contribution in [1.29, 1.82) is 0 Å². The van der Waals surface area contributed by atoms with Gasteiger partial charge in [0.15, 0.2) is 5.78 Å². The monoisotopic (exact) mass is 331 g/mol. The molecule has 1 amide bonds. The minimum absolute atomic E-state index is 0.0196. The van der Waals surface area contributed by atoms with Crippen LogP contribution in [-0.2, 0) is 9.59 Å². The highest BCUT2D eigenvalue weighted by molar-refractivity contribution is 5.96. The normalized spacial score (nSPS) is 20.3. The molecule has 0 aromatic heterocycles. The number of carboxylic acid groups (broad SMARTS) is 1. The Labute approximate surface area is 142 Å². The molecule has 1 fully saturated rings. The molecule has 0 unspecified atom stereocenters. The second kappa shape index (κ2) is 9.21. The largest absolute Gasteiger partial charge is 0.481 e. The fourth-order valence-corrected chi connectivity index (χ4v) is 3.29. The maximum absolute atomic E-state index is 12.0. The van der Waals surface area contributed by atoms with Crippen LogP contribution in [0.1, 0.15) is 55.3 Å². The van der Waals surface area contributed by atoms with Crippen LogP contribution in [0.25, 0.3) is 0 Å². The number of hydrogen-bond acceptors (Lipinski definition) is 3. The average molecular weight is 331 g/mol. The Kier molecular flexibility index (Phi) is 6.97. The summed E-state index contributed by atoms with van der Waals surface area (Å²) in [6.07, 6.45) is 4.67. The number of Topliss-reactive ketones (excluding diaryl/α,β-unsaturated/α-hetero) is 1. The Hall–Kier alpha value is -2.17. The first-order valence-electron chi connectivity index (χ1n) is 8.65. The summed E-state index contributed by atoms with van der Waals surface area (Å²) in [7, 11) is 0. The van der Waals surface area contributed by atoms with Gasteiger partial charge in [-0.25, -0.2) is 0 Å². The molecule has 1 aromatic carbocycles. The molecule has 5 nitrogen and oxygen atoms in total. The molecule has 1 aliphatic carbocycles. The summed E-state index contributed by atoms with van der Waals surface area (Å²) in [6, 6.07) is 9.06. The van der Waals surface area contributed by atoms with Crippen molar-refractivity contribution in [2.45, 2.75) is 44.9 Å². The summed E-state index contributed by atoms with van der Waals surface area (Å²) in [4.78, 5) is 35.1. The van der Waals surface area contributed by atoms with Gasteiger partial charge in [-0.2, -0.15) is 0 Å². The molecule has 0 saturated heterocycles. The minimum Gasteiger partial charge on any atom is -0.481 e. The molecular formula is C19H25NO4. The van der Waals surface area contributed by atoms with Gasteiger partial charge in [0.05, 0.1) is 5.92 Å². The third-order valence-electron chi connectivity index (χ3n) is 4.69. The molecule has 1 aromatic rings. The van der Waals surface area contributed by atoms with E-state index in [1.54, 1.807) is 12.1 Å². The smallest absolute Gasteiger partial charge is 0.306 e. The number of aliphatic carboxylic acids is 1. The average Bonchev–Trinajstić information content (AvgIpc) is 2.60. The van der Waals surface area contributed by atoms with E-state index in [0.29, 0.717) is 37.8 Å². The molecular weight excluding hydrogens is 306 g/mol. The van der Waals surface area contributed by atoms with Crippen molar-refractivity contribution < 1.29 is 19.5 Å². The number of rotatable bonds is 8. The van der Waals surface area contributed by atoms with E-state index in [0.717, 1.165) is 19.3 Å². The van der Waals surface area contributed by atoms with Crippen molar-refractivity contribution in [1.82, 2.24) is 5.32 Å². The van der Waals surface area contributed by atoms with E-state index in [4.69, 9.17) is 0 Å². The Morgan fingerprint density at radius 3 is 2.46 bits per heavy atom. The van der Waals surface area contributed by atoms with Crippen LogP contribution in [0.5, 0.6) is 0 Å². The van der Waals surface area contributed by atoms with Crippen LogP contribution >= 0.6 is 0 Å². The lowest BCUT2D eigenvalue weighted by atomic mass is 9.79. The molecule has 2 atom stereocenters. The Balaban J connectivity index is 1.68. The van der Waals surface area contributed by atoms with Gasteiger partial charge < -0.3 is 10.4 Å². The number of ketones is 1. The Morgan fingerprint density at radius 2 is 1.75 bits per heavy atom. The van der Waals surface area contributed by atoms with E-state index in [2.05, 4.69) is 5.32 Å².